The van der Waals surface area contributed by atoms with E-state index in [0.717, 1.165) is 56.2 Å². The van der Waals surface area contributed by atoms with E-state index in [4.69, 9.17) is 26.1 Å². The van der Waals surface area contributed by atoms with E-state index in [-0.39, 0.29) is 6.09 Å². The van der Waals surface area contributed by atoms with Crippen molar-refractivity contribution in [3.05, 3.63) is 63.7 Å². The predicted molar refractivity (Wildman–Crippen MR) is 170 cm³/mol. The van der Waals surface area contributed by atoms with Gasteiger partial charge < -0.3 is 14.4 Å². The second-order valence-corrected chi connectivity index (χ2v) is 14.0. The maximum atomic E-state index is 13.2. The Kier molecular flexibility index (Phi) is 8.31. The Balaban J connectivity index is 1.51. The quantitative estimate of drug-likeness (QED) is 0.222. The van der Waals surface area contributed by atoms with Crippen LogP contribution in [0.1, 0.15) is 47.1 Å². The molecule has 2 aromatic carbocycles. The van der Waals surface area contributed by atoms with Gasteiger partial charge in [0.2, 0.25) is 0 Å². The number of carbonyl (C=O) groups is 2. The third-order valence-corrected chi connectivity index (χ3v) is 7.64. The van der Waals surface area contributed by atoms with Gasteiger partial charge in [-0.05, 0) is 83.5 Å². The Hall–Kier alpha value is -3.14. The zero-order chi connectivity index (χ0) is 30.4. The normalized spacial score (nSPS) is 14.9. The molecule has 0 N–H and O–H groups in total. The van der Waals surface area contributed by atoms with Crippen LogP contribution in [-0.4, -0.2) is 68.9 Å². The van der Waals surface area contributed by atoms with E-state index in [0.29, 0.717) is 24.7 Å². The molecule has 5 rings (SSSR count). The number of nitrogens with zero attached hydrogens (tertiary/aromatic N) is 4. The molecule has 42 heavy (non-hydrogen) atoms. The van der Waals surface area contributed by atoms with Gasteiger partial charge in [0.05, 0.1) is 16.7 Å². The van der Waals surface area contributed by atoms with Gasteiger partial charge in [-0.1, -0.05) is 33.6 Å². The van der Waals surface area contributed by atoms with Crippen LogP contribution in [-0.2, 0) is 16.0 Å². The maximum absolute atomic E-state index is 13.2. The van der Waals surface area contributed by atoms with Gasteiger partial charge in [-0.2, -0.15) is 0 Å². The average Bonchev–Trinajstić information content (AvgIpc) is 3.25. The first kappa shape index (κ1) is 30.3. The van der Waals surface area contributed by atoms with E-state index in [1.54, 1.807) is 15.7 Å². The van der Waals surface area contributed by atoms with Crippen LogP contribution < -0.4 is 0 Å². The highest BCUT2D eigenvalue weighted by molar-refractivity contribution is 9.10. The number of piperazine rings is 1. The summed E-state index contributed by atoms with van der Waals surface area (Å²) in [6, 6.07) is 13.6. The number of pyridine rings is 1. The van der Waals surface area contributed by atoms with Crippen LogP contribution in [0.3, 0.4) is 0 Å². The van der Waals surface area contributed by atoms with E-state index >= 15 is 0 Å². The van der Waals surface area contributed by atoms with Gasteiger partial charge >= 0.3 is 12.2 Å². The number of carbonyl (C=O) groups excluding carboxylic acids is 2. The predicted octanol–water partition coefficient (Wildman–Crippen LogP) is 8.11. The van der Waals surface area contributed by atoms with Crippen LogP contribution in [0.2, 0.25) is 5.02 Å². The van der Waals surface area contributed by atoms with Gasteiger partial charge in [0.1, 0.15) is 11.2 Å². The summed E-state index contributed by atoms with van der Waals surface area (Å²) in [4.78, 5) is 34.9. The number of benzene rings is 2. The van der Waals surface area contributed by atoms with Crippen molar-refractivity contribution in [1.29, 1.82) is 0 Å². The molecule has 222 valence electrons. The summed E-state index contributed by atoms with van der Waals surface area (Å²) >= 11 is 9.99. The molecule has 0 radical (unpaired) electrons. The molecule has 1 fully saturated rings. The number of hydrogen-bond donors (Lipinski definition) is 0. The summed E-state index contributed by atoms with van der Waals surface area (Å²) in [6.07, 6.45) is 1.07. The van der Waals surface area contributed by atoms with Crippen LogP contribution in [0.25, 0.3) is 33.1 Å². The Morgan fingerprint density at radius 3 is 2.21 bits per heavy atom. The molecule has 1 amide bonds. The Labute approximate surface area is 259 Å². The minimum Gasteiger partial charge on any atom is -0.444 e. The monoisotopic (exact) mass is 654 g/mol. The molecule has 1 saturated heterocycles. The molecular formula is C32H36BrClN4O4. The van der Waals surface area contributed by atoms with Crippen LogP contribution >= 0.6 is 27.5 Å². The second-order valence-electron chi connectivity index (χ2n) is 12.6. The van der Waals surface area contributed by atoms with Gasteiger partial charge in [-0.3, -0.25) is 9.47 Å². The fourth-order valence-electron chi connectivity index (χ4n) is 5.07. The van der Waals surface area contributed by atoms with Crippen molar-refractivity contribution in [2.75, 3.05) is 26.2 Å². The molecule has 0 atom stereocenters. The summed E-state index contributed by atoms with van der Waals surface area (Å²) in [5.74, 6) is 0. The molecule has 0 bridgehead atoms. The first-order valence-electron chi connectivity index (χ1n) is 14.0. The fraction of sp³-hybridized carbons (Fsp3) is 0.406. The molecule has 10 heteroatoms. The number of rotatable bonds is 3. The third kappa shape index (κ3) is 6.90. The summed E-state index contributed by atoms with van der Waals surface area (Å²) in [6.45, 7) is 14.5. The van der Waals surface area contributed by atoms with Gasteiger partial charge in [0, 0.05) is 64.8 Å². The lowest BCUT2D eigenvalue weighted by Crippen LogP contribution is -2.49. The Morgan fingerprint density at radius 1 is 0.881 bits per heavy atom. The van der Waals surface area contributed by atoms with Crippen molar-refractivity contribution < 1.29 is 19.1 Å². The van der Waals surface area contributed by atoms with Crippen molar-refractivity contribution in [2.45, 2.75) is 59.3 Å². The van der Waals surface area contributed by atoms with Crippen molar-refractivity contribution in [3.63, 3.8) is 0 Å². The summed E-state index contributed by atoms with van der Waals surface area (Å²) in [5, 5.41) is 2.49. The van der Waals surface area contributed by atoms with Crippen LogP contribution in [0.5, 0.6) is 0 Å². The molecule has 2 aromatic heterocycles. The smallest absolute Gasteiger partial charge is 0.419 e. The number of aromatic nitrogens is 2. The number of fused-ring (bicyclic) bond motifs is 2. The van der Waals surface area contributed by atoms with Crippen molar-refractivity contribution in [3.8, 4) is 11.3 Å². The molecule has 0 aliphatic carbocycles. The van der Waals surface area contributed by atoms with Crippen LogP contribution in [0.4, 0.5) is 9.59 Å². The van der Waals surface area contributed by atoms with Gasteiger partial charge in [0.15, 0.2) is 0 Å². The number of halogens is 2. The van der Waals surface area contributed by atoms with E-state index in [2.05, 4.69) is 26.9 Å². The molecule has 0 unspecified atom stereocenters. The summed E-state index contributed by atoms with van der Waals surface area (Å²) in [5.41, 5.74) is 2.98. The largest absolute Gasteiger partial charge is 0.444 e. The molecular weight excluding hydrogens is 620 g/mol. The molecule has 8 nitrogen and oxygen atoms in total. The minimum atomic E-state index is -0.637. The highest BCUT2D eigenvalue weighted by Gasteiger charge is 2.27. The maximum Gasteiger partial charge on any atom is 0.419 e. The van der Waals surface area contributed by atoms with Gasteiger partial charge in [-0.15, -0.1) is 0 Å². The van der Waals surface area contributed by atoms with Crippen molar-refractivity contribution in [1.82, 2.24) is 19.4 Å². The fourth-order valence-corrected chi connectivity index (χ4v) is 5.59. The highest BCUT2D eigenvalue weighted by Crippen LogP contribution is 2.35. The molecule has 3 heterocycles. The minimum absolute atomic E-state index is 0.277. The zero-order valence-electron chi connectivity index (χ0n) is 24.8. The second kappa shape index (κ2) is 11.5. The first-order valence-corrected chi connectivity index (χ1v) is 15.2. The van der Waals surface area contributed by atoms with Crippen LogP contribution in [0.15, 0.2) is 53.1 Å². The Bertz CT molecular complexity index is 1660. The number of amides is 1. The topological polar surface area (TPSA) is 76.9 Å². The summed E-state index contributed by atoms with van der Waals surface area (Å²) < 4.78 is 13.7. The van der Waals surface area contributed by atoms with E-state index < -0.39 is 17.3 Å². The molecule has 4 aromatic rings. The molecule has 0 spiro atoms. The average molecular weight is 656 g/mol. The lowest BCUT2D eigenvalue weighted by atomic mass is 10.0. The molecule has 1 aliphatic heterocycles. The SMILES string of the molecule is CC(C)(C)OC(=O)N1CCN(Cc2cc(-c3cn(C(=O)OC(C)(C)C)c4ccc(Br)cc34)nc3cc(Cl)ccc23)CC1. The van der Waals surface area contributed by atoms with E-state index in [1.807, 2.05) is 77.9 Å². The highest BCUT2D eigenvalue weighted by atomic mass is 79.9. The summed E-state index contributed by atoms with van der Waals surface area (Å²) in [7, 11) is 0. The van der Waals surface area contributed by atoms with Crippen molar-refractivity contribution in [2.24, 2.45) is 0 Å². The lowest BCUT2D eigenvalue weighted by Gasteiger charge is -2.35. The number of ether oxygens (including phenoxy) is 2. The molecule has 1 aliphatic rings. The third-order valence-electron chi connectivity index (χ3n) is 6.91. The first-order chi connectivity index (χ1) is 19.7. The standard InChI is InChI=1S/C32H36BrClN4O4/c1-31(2,3)41-29(39)37-13-11-36(12-14-37)18-20-15-26(35-27-17-22(34)8-9-23(20)27)25-19-38(30(40)42-32(4,5)6)28-10-7-21(33)16-24(25)28/h7-10,15-17,19H,11-14,18H2,1-6H3. The lowest BCUT2D eigenvalue weighted by molar-refractivity contribution is 0.0139. The molecule has 0 saturated carbocycles. The van der Waals surface area contributed by atoms with Crippen LogP contribution in [0, 0.1) is 0 Å². The Morgan fingerprint density at radius 2 is 1.55 bits per heavy atom. The van der Waals surface area contributed by atoms with Gasteiger partial charge in [-0.25, -0.2) is 14.6 Å². The van der Waals surface area contributed by atoms with Crippen molar-refractivity contribution >= 4 is 61.5 Å². The number of hydrogen-bond acceptors (Lipinski definition) is 6. The van der Waals surface area contributed by atoms with E-state index in [1.165, 1.54) is 0 Å². The van der Waals surface area contributed by atoms with Gasteiger partial charge in [0.25, 0.3) is 0 Å². The van der Waals surface area contributed by atoms with E-state index in [9.17, 15) is 9.59 Å². The zero-order valence-corrected chi connectivity index (χ0v) is 27.2.